The van der Waals surface area contributed by atoms with Gasteiger partial charge in [0.2, 0.25) is 0 Å². The van der Waals surface area contributed by atoms with E-state index in [1.54, 1.807) is 0 Å². The monoisotopic (exact) mass is 294 g/mol. The molecule has 4 heteroatoms. The lowest BCUT2D eigenvalue weighted by molar-refractivity contribution is 0.488. The van der Waals surface area contributed by atoms with Gasteiger partial charge in [-0.2, -0.15) is 11.8 Å². The van der Waals surface area contributed by atoms with E-state index in [1.807, 2.05) is 6.92 Å². The zero-order chi connectivity index (χ0) is 13.4. The smallest absolute Gasteiger partial charge is 0.127 e. The van der Waals surface area contributed by atoms with E-state index in [1.165, 1.54) is 29.0 Å². The van der Waals surface area contributed by atoms with Crippen molar-refractivity contribution >= 4 is 34.4 Å². The molecule has 2 unspecified atom stereocenters. The summed E-state index contributed by atoms with van der Waals surface area (Å²) in [6, 6.07) is 6.45. The number of benzene rings is 1. The van der Waals surface area contributed by atoms with Crippen LogP contribution in [0.4, 0.5) is 0 Å². The van der Waals surface area contributed by atoms with Crippen LogP contribution in [0.2, 0.25) is 0 Å². The minimum atomic E-state index is -0.0400. The van der Waals surface area contributed by atoms with Gasteiger partial charge in [0.1, 0.15) is 5.82 Å². The molecule has 3 rings (SSSR count). The van der Waals surface area contributed by atoms with Crippen LogP contribution in [0.5, 0.6) is 0 Å². The molecule has 0 amide bonds. The highest BCUT2D eigenvalue weighted by molar-refractivity contribution is 7.99. The van der Waals surface area contributed by atoms with E-state index in [4.69, 9.17) is 16.6 Å². The number of fused-ring (bicyclic) bond motifs is 1. The first-order valence-electron chi connectivity index (χ1n) is 6.84. The molecule has 1 aromatic carbocycles. The first kappa shape index (κ1) is 13.3. The molecule has 0 aliphatic carbocycles. The number of nitrogens with zero attached hydrogens (tertiary/aromatic N) is 2. The number of hydrogen-bond acceptors (Lipinski definition) is 2. The Morgan fingerprint density at radius 1 is 1.53 bits per heavy atom. The van der Waals surface area contributed by atoms with Gasteiger partial charge in [-0.25, -0.2) is 4.98 Å². The van der Waals surface area contributed by atoms with Crippen LogP contribution >= 0.6 is 23.4 Å². The summed E-state index contributed by atoms with van der Waals surface area (Å²) in [6.07, 6.45) is 1.31. The van der Waals surface area contributed by atoms with Gasteiger partial charge in [0.25, 0.3) is 0 Å². The third-order valence-corrected chi connectivity index (χ3v) is 5.18. The number of thioether (sulfide) groups is 1. The maximum atomic E-state index is 6.32. The fraction of sp³-hybridized carbons (Fsp3) is 0.533. The predicted molar refractivity (Wildman–Crippen MR) is 84.2 cm³/mol. The van der Waals surface area contributed by atoms with Crippen molar-refractivity contribution in [2.45, 2.75) is 32.2 Å². The number of aromatic nitrogens is 2. The molecule has 102 valence electrons. The van der Waals surface area contributed by atoms with Crippen LogP contribution in [0.1, 0.15) is 30.1 Å². The van der Waals surface area contributed by atoms with Crippen molar-refractivity contribution in [3.8, 4) is 0 Å². The fourth-order valence-corrected chi connectivity index (χ4v) is 4.17. The van der Waals surface area contributed by atoms with Crippen LogP contribution < -0.4 is 0 Å². The number of rotatable bonds is 3. The highest BCUT2D eigenvalue weighted by atomic mass is 35.5. The maximum Gasteiger partial charge on any atom is 0.127 e. The molecule has 2 aromatic rings. The molecular weight excluding hydrogens is 276 g/mol. The van der Waals surface area contributed by atoms with E-state index in [9.17, 15) is 0 Å². The first-order valence-corrected chi connectivity index (χ1v) is 8.43. The van der Waals surface area contributed by atoms with Gasteiger partial charge in [-0.15, -0.1) is 11.6 Å². The number of imidazole rings is 1. The quantitative estimate of drug-likeness (QED) is 0.781. The van der Waals surface area contributed by atoms with Crippen molar-refractivity contribution in [1.29, 1.82) is 0 Å². The zero-order valence-electron chi connectivity index (χ0n) is 11.4. The molecule has 2 atom stereocenters. The normalized spacial score (nSPS) is 21.1. The summed E-state index contributed by atoms with van der Waals surface area (Å²) in [5, 5.41) is -0.0400. The molecule has 1 fully saturated rings. The average molecular weight is 295 g/mol. The second-order valence-corrected chi connectivity index (χ2v) is 7.22. The van der Waals surface area contributed by atoms with E-state index in [0.29, 0.717) is 0 Å². The number of hydrogen-bond donors (Lipinski definition) is 0. The van der Waals surface area contributed by atoms with E-state index >= 15 is 0 Å². The Labute approximate surface area is 123 Å². The molecule has 1 aliphatic rings. The average Bonchev–Trinajstić information content (AvgIpc) is 2.98. The Balaban J connectivity index is 2.06. The van der Waals surface area contributed by atoms with E-state index in [-0.39, 0.29) is 5.38 Å². The summed E-state index contributed by atoms with van der Waals surface area (Å²) in [6.45, 7) is 5.20. The standard InChI is InChI=1S/C15H19ClN2S/c1-10-3-4-13-14(7-10)18(15(17-13)11(2)16)8-12-5-6-19-9-12/h3-4,7,11-12H,5-6,8-9H2,1-2H3. The van der Waals surface area contributed by atoms with Gasteiger partial charge < -0.3 is 4.57 Å². The van der Waals surface area contributed by atoms with Gasteiger partial charge in [-0.3, -0.25) is 0 Å². The Morgan fingerprint density at radius 2 is 2.37 bits per heavy atom. The summed E-state index contributed by atoms with van der Waals surface area (Å²) in [7, 11) is 0. The van der Waals surface area contributed by atoms with Crippen molar-refractivity contribution < 1.29 is 0 Å². The molecule has 0 bridgehead atoms. The van der Waals surface area contributed by atoms with Gasteiger partial charge >= 0.3 is 0 Å². The first-order chi connectivity index (χ1) is 9.15. The highest BCUT2D eigenvalue weighted by Gasteiger charge is 2.21. The molecule has 1 aliphatic heterocycles. The van der Waals surface area contributed by atoms with Gasteiger partial charge in [0.05, 0.1) is 16.4 Å². The van der Waals surface area contributed by atoms with Crippen LogP contribution in [0.25, 0.3) is 11.0 Å². The summed E-state index contributed by atoms with van der Waals surface area (Å²) in [5.41, 5.74) is 3.58. The predicted octanol–water partition coefficient (Wildman–Crippen LogP) is 4.40. The lowest BCUT2D eigenvalue weighted by atomic mass is 10.1. The molecule has 19 heavy (non-hydrogen) atoms. The van der Waals surface area contributed by atoms with Crippen molar-refractivity contribution in [1.82, 2.24) is 9.55 Å². The maximum absolute atomic E-state index is 6.32. The molecule has 1 aromatic heterocycles. The fourth-order valence-electron chi connectivity index (χ4n) is 2.73. The van der Waals surface area contributed by atoms with Crippen LogP contribution in [-0.4, -0.2) is 21.1 Å². The van der Waals surface area contributed by atoms with E-state index < -0.39 is 0 Å². The largest absolute Gasteiger partial charge is 0.326 e. The van der Waals surface area contributed by atoms with Crippen molar-refractivity contribution in [3.63, 3.8) is 0 Å². The van der Waals surface area contributed by atoms with Gasteiger partial charge in [-0.1, -0.05) is 6.07 Å². The molecule has 1 saturated heterocycles. The van der Waals surface area contributed by atoms with Crippen LogP contribution in [0, 0.1) is 12.8 Å². The number of alkyl halides is 1. The van der Waals surface area contributed by atoms with Gasteiger partial charge in [0.15, 0.2) is 0 Å². The zero-order valence-corrected chi connectivity index (χ0v) is 13.0. The summed E-state index contributed by atoms with van der Waals surface area (Å²) in [4.78, 5) is 4.72. The van der Waals surface area contributed by atoms with Crippen LogP contribution in [0.15, 0.2) is 18.2 Å². The molecule has 0 spiro atoms. The Morgan fingerprint density at radius 3 is 3.05 bits per heavy atom. The minimum absolute atomic E-state index is 0.0400. The minimum Gasteiger partial charge on any atom is -0.326 e. The Kier molecular flexibility index (Phi) is 3.77. The summed E-state index contributed by atoms with van der Waals surface area (Å²) in [5.74, 6) is 4.33. The van der Waals surface area contributed by atoms with Gasteiger partial charge in [-0.05, 0) is 55.4 Å². The summed E-state index contributed by atoms with van der Waals surface area (Å²) >= 11 is 8.38. The van der Waals surface area contributed by atoms with E-state index in [2.05, 4.69) is 41.5 Å². The molecule has 2 nitrogen and oxygen atoms in total. The highest BCUT2D eigenvalue weighted by Crippen LogP contribution is 2.30. The van der Waals surface area contributed by atoms with Crippen molar-refractivity contribution in [2.24, 2.45) is 5.92 Å². The molecule has 2 heterocycles. The van der Waals surface area contributed by atoms with Crippen molar-refractivity contribution in [3.05, 3.63) is 29.6 Å². The van der Waals surface area contributed by atoms with Crippen LogP contribution in [0.3, 0.4) is 0 Å². The third-order valence-electron chi connectivity index (χ3n) is 3.75. The topological polar surface area (TPSA) is 17.8 Å². The molecule has 0 saturated carbocycles. The number of aryl methyl sites for hydroxylation is 1. The Hall–Kier alpha value is -0.670. The third kappa shape index (κ3) is 2.63. The van der Waals surface area contributed by atoms with Gasteiger partial charge in [0, 0.05) is 6.54 Å². The lowest BCUT2D eigenvalue weighted by Gasteiger charge is -2.14. The lowest BCUT2D eigenvalue weighted by Crippen LogP contribution is -2.13. The van der Waals surface area contributed by atoms with Crippen molar-refractivity contribution in [2.75, 3.05) is 11.5 Å². The molecule has 0 radical (unpaired) electrons. The second-order valence-electron chi connectivity index (χ2n) is 5.42. The van der Waals surface area contributed by atoms with Crippen LogP contribution in [-0.2, 0) is 6.54 Å². The number of halogens is 1. The molecular formula is C15H19ClN2S. The second kappa shape index (κ2) is 5.37. The summed E-state index contributed by atoms with van der Waals surface area (Å²) < 4.78 is 2.34. The molecule has 0 N–H and O–H groups in total. The van der Waals surface area contributed by atoms with E-state index in [0.717, 1.165) is 23.8 Å². The SMILES string of the molecule is Cc1ccc2nc(C(C)Cl)n(CC3CCSC3)c2c1. The Bertz CT molecular complexity index is 585.